The molecule has 0 spiro atoms. The Morgan fingerprint density at radius 3 is 2.62 bits per heavy atom. The molecule has 1 aromatic heterocycles. The summed E-state index contributed by atoms with van der Waals surface area (Å²) in [5, 5.41) is 3.27. The number of nitrogens with zero attached hydrogens (tertiary/aromatic N) is 3. The van der Waals surface area contributed by atoms with Crippen LogP contribution in [0, 0.1) is 0 Å². The molecular formula is C15H17BrN4O. The van der Waals surface area contributed by atoms with Gasteiger partial charge < -0.3 is 15.0 Å². The van der Waals surface area contributed by atoms with Gasteiger partial charge in [0.15, 0.2) is 0 Å². The fourth-order valence-electron chi connectivity index (χ4n) is 2.35. The van der Waals surface area contributed by atoms with Gasteiger partial charge in [0.05, 0.1) is 17.7 Å². The van der Waals surface area contributed by atoms with E-state index in [9.17, 15) is 0 Å². The zero-order valence-electron chi connectivity index (χ0n) is 11.6. The zero-order valence-corrected chi connectivity index (χ0v) is 13.2. The number of ether oxygens (including phenoxy) is 1. The minimum atomic E-state index is 0.634. The second-order valence-electron chi connectivity index (χ2n) is 4.81. The second kappa shape index (κ2) is 6.87. The van der Waals surface area contributed by atoms with E-state index in [0.717, 1.165) is 30.8 Å². The molecule has 1 N–H and O–H groups in total. The van der Waals surface area contributed by atoms with E-state index in [-0.39, 0.29) is 0 Å². The van der Waals surface area contributed by atoms with Crippen LogP contribution in [0.3, 0.4) is 0 Å². The van der Waals surface area contributed by atoms with Crippen LogP contribution in [0.4, 0.5) is 11.6 Å². The van der Waals surface area contributed by atoms with Crippen molar-refractivity contribution in [3.8, 4) is 0 Å². The number of hydrogen-bond donors (Lipinski definition) is 1. The lowest BCUT2D eigenvalue weighted by atomic mass is 10.1. The predicted octanol–water partition coefficient (Wildman–Crippen LogP) is 2.69. The van der Waals surface area contributed by atoms with E-state index in [4.69, 9.17) is 4.74 Å². The van der Waals surface area contributed by atoms with Crippen LogP contribution in [0.1, 0.15) is 5.56 Å². The topological polar surface area (TPSA) is 50.3 Å². The van der Waals surface area contributed by atoms with E-state index in [2.05, 4.69) is 60.4 Å². The molecule has 1 saturated heterocycles. The predicted molar refractivity (Wildman–Crippen MR) is 86.5 cm³/mol. The van der Waals surface area contributed by atoms with Gasteiger partial charge in [-0.3, -0.25) is 0 Å². The number of rotatable bonds is 4. The van der Waals surface area contributed by atoms with Crippen molar-refractivity contribution in [2.45, 2.75) is 6.54 Å². The number of hydrogen-bond acceptors (Lipinski definition) is 5. The number of anilines is 2. The molecule has 0 radical (unpaired) electrons. The molecule has 1 fully saturated rings. The lowest BCUT2D eigenvalue weighted by molar-refractivity contribution is 0.122. The molecule has 5 nitrogen and oxygen atoms in total. The first kappa shape index (κ1) is 14.3. The number of para-hydroxylation sites is 1. The van der Waals surface area contributed by atoms with Crippen molar-refractivity contribution in [1.82, 2.24) is 9.97 Å². The zero-order chi connectivity index (χ0) is 14.5. The molecule has 0 atom stereocenters. The van der Waals surface area contributed by atoms with Gasteiger partial charge in [0.25, 0.3) is 0 Å². The molecule has 110 valence electrons. The molecule has 0 amide bonds. The minimum absolute atomic E-state index is 0.634. The number of aromatic nitrogens is 2. The lowest BCUT2D eigenvalue weighted by Gasteiger charge is -2.30. The van der Waals surface area contributed by atoms with Crippen molar-refractivity contribution in [1.29, 1.82) is 0 Å². The van der Waals surface area contributed by atoms with Crippen LogP contribution >= 0.6 is 15.9 Å². The third-order valence-electron chi connectivity index (χ3n) is 3.40. The number of benzene rings is 1. The van der Waals surface area contributed by atoms with E-state index >= 15 is 0 Å². The third-order valence-corrected chi connectivity index (χ3v) is 3.81. The molecule has 2 heterocycles. The fourth-order valence-corrected chi connectivity index (χ4v) is 2.56. The summed E-state index contributed by atoms with van der Waals surface area (Å²) >= 11 is 3.33. The summed E-state index contributed by atoms with van der Waals surface area (Å²) in [7, 11) is 0. The van der Waals surface area contributed by atoms with Gasteiger partial charge in [-0.1, -0.05) is 18.2 Å². The first-order valence-electron chi connectivity index (χ1n) is 6.95. The Morgan fingerprint density at radius 1 is 1.14 bits per heavy atom. The van der Waals surface area contributed by atoms with Crippen LogP contribution in [0.15, 0.2) is 41.1 Å². The fraction of sp³-hybridized carbons (Fsp3) is 0.333. The molecule has 0 aliphatic carbocycles. The molecule has 6 heteroatoms. The van der Waals surface area contributed by atoms with Gasteiger partial charge in [-0.15, -0.1) is 0 Å². The summed E-state index contributed by atoms with van der Waals surface area (Å²) in [5.41, 5.74) is 2.50. The van der Waals surface area contributed by atoms with Crippen LogP contribution in [0.2, 0.25) is 0 Å². The van der Waals surface area contributed by atoms with E-state index in [0.29, 0.717) is 12.5 Å². The van der Waals surface area contributed by atoms with E-state index < -0.39 is 0 Å². The quantitative estimate of drug-likeness (QED) is 0.920. The Bertz CT molecular complexity index is 584. The van der Waals surface area contributed by atoms with Crippen LogP contribution in [0.25, 0.3) is 0 Å². The largest absolute Gasteiger partial charge is 0.378 e. The van der Waals surface area contributed by atoms with Gasteiger partial charge >= 0.3 is 0 Å². The summed E-state index contributed by atoms with van der Waals surface area (Å²) in [6.07, 6.45) is 3.48. The summed E-state index contributed by atoms with van der Waals surface area (Å²) in [5.74, 6) is 0.634. The normalized spacial score (nSPS) is 15.0. The first-order valence-corrected chi connectivity index (χ1v) is 7.74. The van der Waals surface area contributed by atoms with Crippen molar-refractivity contribution in [3.05, 3.63) is 46.7 Å². The molecule has 0 bridgehead atoms. The number of halogens is 1. The second-order valence-corrected chi connectivity index (χ2v) is 5.72. The van der Waals surface area contributed by atoms with Gasteiger partial charge in [-0.2, -0.15) is 0 Å². The van der Waals surface area contributed by atoms with Gasteiger partial charge in [0, 0.05) is 37.7 Å². The maximum atomic E-state index is 5.42. The molecule has 1 aliphatic rings. The highest BCUT2D eigenvalue weighted by Crippen LogP contribution is 2.22. The van der Waals surface area contributed by atoms with Crippen molar-refractivity contribution < 1.29 is 4.74 Å². The van der Waals surface area contributed by atoms with Gasteiger partial charge in [0.1, 0.15) is 0 Å². The van der Waals surface area contributed by atoms with E-state index in [1.54, 1.807) is 12.4 Å². The summed E-state index contributed by atoms with van der Waals surface area (Å²) in [4.78, 5) is 10.8. The molecule has 0 saturated carbocycles. The Balaban J connectivity index is 1.71. The Labute approximate surface area is 132 Å². The monoisotopic (exact) mass is 348 g/mol. The highest BCUT2D eigenvalue weighted by atomic mass is 79.9. The molecule has 1 aromatic carbocycles. The Hall–Kier alpha value is -1.66. The number of morpholine rings is 1. The highest BCUT2D eigenvalue weighted by Gasteiger charge is 2.14. The first-order chi connectivity index (χ1) is 10.3. The van der Waals surface area contributed by atoms with Crippen LogP contribution in [-0.4, -0.2) is 36.3 Å². The smallest absolute Gasteiger partial charge is 0.222 e. The van der Waals surface area contributed by atoms with E-state index in [1.807, 2.05) is 0 Å². The lowest BCUT2D eigenvalue weighted by Crippen LogP contribution is -2.36. The summed E-state index contributed by atoms with van der Waals surface area (Å²) in [6, 6.07) is 8.43. The van der Waals surface area contributed by atoms with Crippen molar-refractivity contribution in [2.24, 2.45) is 0 Å². The summed E-state index contributed by atoms with van der Waals surface area (Å²) in [6.45, 7) is 4.15. The Morgan fingerprint density at radius 2 is 1.86 bits per heavy atom. The molecule has 0 unspecified atom stereocenters. The van der Waals surface area contributed by atoms with Crippen molar-refractivity contribution in [2.75, 3.05) is 36.5 Å². The Kier molecular flexibility index (Phi) is 4.67. The maximum absolute atomic E-state index is 5.42. The maximum Gasteiger partial charge on any atom is 0.222 e. The molecule has 2 aromatic rings. The molecular weight excluding hydrogens is 332 g/mol. The molecule has 3 rings (SSSR count). The molecule has 21 heavy (non-hydrogen) atoms. The van der Waals surface area contributed by atoms with Crippen molar-refractivity contribution >= 4 is 27.6 Å². The van der Waals surface area contributed by atoms with E-state index in [1.165, 1.54) is 11.3 Å². The van der Waals surface area contributed by atoms with Crippen LogP contribution in [0.5, 0.6) is 0 Å². The minimum Gasteiger partial charge on any atom is -0.378 e. The van der Waals surface area contributed by atoms with Crippen molar-refractivity contribution in [3.63, 3.8) is 0 Å². The van der Waals surface area contributed by atoms with Gasteiger partial charge in [0.2, 0.25) is 5.95 Å². The van der Waals surface area contributed by atoms with Crippen LogP contribution < -0.4 is 10.2 Å². The summed E-state index contributed by atoms with van der Waals surface area (Å²) < 4.78 is 6.30. The average Bonchev–Trinajstić information content (AvgIpc) is 2.55. The SMILES string of the molecule is Brc1cnc(NCc2ccccc2N2CCOCC2)nc1. The average molecular weight is 349 g/mol. The third kappa shape index (κ3) is 3.71. The van der Waals surface area contributed by atoms with Crippen LogP contribution in [-0.2, 0) is 11.3 Å². The van der Waals surface area contributed by atoms with Gasteiger partial charge in [-0.05, 0) is 27.6 Å². The standard InChI is InChI=1S/C15H17BrN4O/c16-13-10-18-15(19-11-13)17-9-12-3-1-2-4-14(12)20-5-7-21-8-6-20/h1-4,10-11H,5-9H2,(H,17,18,19). The van der Waals surface area contributed by atoms with Gasteiger partial charge in [-0.25, -0.2) is 9.97 Å². The molecule has 1 aliphatic heterocycles. The highest BCUT2D eigenvalue weighted by molar-refractivity contribution is 9.10. The number of nitrogens with one attached hydrogen (secondary N) is 1.